The molecule has 0 bridgehead atoms. The molecule has 0 aliphatic carbocycles. The van der Waals surface area contributed by atoms with Crippen molar-refractivity contribution in [1.29, 1.82) is 0 Å². The molecule has 0 aromatic heterocycles. The number of hydrogen-bond donors (Lipinski definition) is 1. The number of anilines is 1. The third-order valence-corrected chi connectivity index (χ3v) is 4.83. The van der Waals surface area contributed by atoms with E-state index in [2.05, 4.69) is 10.3 Å². The van der Waals surface area contributed by atoms with E-state index in [-0.39, 0.29) is 41.1 Å². The highest BCUT2D eigenvalue weighted by Crippen LogP contribution is 2.27. The van der Waals surface area contributed by atoms with Gasteiger partial charge in [-0.15, -0.1) is 0 Å². The van der Waals surface area contributed by atoms with E-state index >= 15 is 0 Å². The van der Waals surface area contributed by atoms with Crippen molar-refractivity contribution in [3.05, 3.63) is 63.2 Å². The van der Waals surface area contributed by atoms with E-state index in [9.17, 15) is 19.7 Å². The molecule has 0 unspecified atom stereocenters. The third kappa shape index (κ3) is 5.04. The predicted octanol–water partition coefficient (Wildman–Crippen LogP) is 3.87. The lowest BCUT2D eigenvalue weighted by Crippen LogP contribution is -2.37. The van der Waals surface area contributed by atoms with Crippen LogP contribution in [0.3, 0.4) is 0 Å². The molecule has 0 atom stereocenters. The number of likely N-dealkylation sites (N-methyl/N-ethyl adjacent to an activating group) is 1. The van der Waals surface area contributed by atoms with Gasteiger partial charge in [-0.3, -0.25) is 29.6 Å². The fraction of sp³-hybridized carbons (Fsp3) is 0.250. The average Bonchev–Trinajstić information content (AvgIpc) is 2.69. The van der Waals surface area contributed by atoms with Crippen molar-refractivity contribution < 1.29 is 14.5 Å². The Bertz CT molecular complexity index is 1010. The number of halogens is 1. The van der Waals surface area contributed by atoms with Crippen LogP contribution in [0.25, 0.3) is 0 Å². The van der Waals surface area contributed by atoms with Crippen LogP contribution in [0.2, 0.25) is 5.02 Å². The van der Waals surface area contributed by atoms with Gasteiger partial charge in [0.2, 0.25) is 5.91 Å². The molecule has 29 heavy (non-hydrogen) atoms. The minimum absolute atomic E-state index is 0.00878. The van der Waals surface area contributed by atoms with Crippen molar-refractivity contribution in [3.63, 3.8) is 0 Å². The molecule has 2 aromatic carbocycles. The molecule has 150 valence electrons. The second kappa shape index (κ2) is 8.93. The minimum atomic E-state index is -0.555. The zero-order chi connectivity index (χ0) is 21.0. The Kier molecular flexibility index (Phi) is 6.36. The lowest BCUT2D eigenvalue weighted by Gasteiger charge is -2.23. The van der Waals surface area contributed by atoms with E-state index in [0.717, 1.165) is 0 Å². The highest BCUT2D eigenvalue weighted by molar-refractivity contribution is 6.33. The summed E-state index contributed by atoms with van der Waals surface area (Å²) in [6.07, 6.45) is 0.214. The number of hydrogen-bond acceptors (Lipinski definition) is 6. The highest BCUT2D eigenvalue weighted by Gasteiger charge is 2.22. The number of nitrogens with one attached hydrogen (secondary N) is 1. The third-order valence-electron chi connectivity index (χ3n) is 4.50. The van der Waals surface area contributed by atoms with Gasteiger partial charge in [-0.05, 0) is 24.7 Å². The number of amides is 1. The summed E-state index contributed by atoms with van der Waals surface area (Å²) in [6, 6.07) is 11.0. The first-order chi connectivity index (χ1) is 13.9. The van der Waals surface area contributed by atoms with E-state index < -0.39 is 4.92 Å². The molecular weight excluding hydrogens is 396 g/mol. The topological polar surface area (TPSA) is 105 Å². The first kappa shape index (κ1) is 20.6. The number of ketones is 1. The van der Waals surface area contributed by atoms with Crippen LogP contribution in [-0.4, -0.2) is 46.9 Å². The molecule has 0 saturated carbocycles. The normalized spacial score (nSPS) is 13.1. The molecule has 9 heteroatoms. The van der Waals surface area contributed by atoms with Crippen LogP contribution in [0.4, 0.5) is 17.1 Å². The smallest absolute Gasteiger partial charge is 0.271 e. The number of carbonyl (C=O) groups is 2. The molecule has 1 heterocycles. The van der Waals surface area contributed by atoms with Crippen molar-refractivity contribution in [3.8, 4) is 0 Å². The summed E-state index contributed by atoms with van der Waals surface area (Å²) >= 11 is 6.03. The number of para-hydroxylation sites is 1. The second-order valence-corrected chi connectivity index (χ2v) is 6.98. The maximum atomic E-state index is 12.4. The van der Waals surface area contributed by atoms with Crippen molar-refractivity contribution in [2.75, 3.05) is 25.0 Å². The minimum Gasteiger partial charge on any atom is -0.323 e. The van der Waals surface area contributed by atoms with Gasteiger partial charge in [0, 0.05) is 30.0 Å². The maximum absolute atomic E-state index is 12.4. The van der Waals surface area contributed by atoms with Crippen molar-refractivity contribution in [1.82, 2.24) is 4.90 Å². The largest absolute Gasteiger partial charge is 0.323 e. The Labute approximate surface area is 172 Å². The van der Waals surface area contributed by atoms with Crippen molar-refractivity contribution in [2.24, 2.45) is 4.99 Å². The van der Waals surface area contributed by atoms with Gasteiger partial charge < -0.3 is 5.32 Å². The summed E-state index contributed by atoms with van der Waals surface area (Å²) in [7, 11) is 0. The van der Waals surface area contributed by atoms with Crippen LogP contribution in [0.15, 0.2) is 47.5 Å². The lowest BCUT2D eigenvalue weighted by molar-refractivity contribution is -0.384. The number of nitrogens with zero attached hydrogens (tertiary/aromatic N) is 3. The Morgan fingerprint density at radius 3 is 2.79 bits per heavy atom. The Morgan fingerprint density at radius 1 is 1.31 bits per heavy atom. The van der Waals surface area contributed by atoms with Crippen LogP contribution >= 0.6 is 11.6 Å². The van der Waals surface area contributed by atoms with Gasteiger partial charge in [-0.25, -0.2) is 0 Å². The first-order valence-electron chi connectivity index (χ1n) is 9.02. The van der Waals surface area contributed by atoms with E-state index in [1.807, 2.05) is 17.9 Å². The predicted molar refractivity (Wildman–Crippen MR) is 111 cm³/mol. The molecule has 1 aliphatic heterocycles. The van der Waals surface area contributed by atoms with Crippen LogP contribution in [0, 0.1) is 10.1 Å². The molecule has 0 saturated heterocycles. The molecule has 0 spiro atoms. The average molecular weight is 415 g/mol. The fourth-order valence-corrected chi connectivity index (χ4v) is 3.21. The van der Waals surface area contributed by atoms with Gasteiger partial charge in [0.15, 0.2) is 5.78 Å². The SMILES string of the molecule is CCN(CC(=O)Nc1cc([N+](=O)[O-])ccc1Cl)CC1=Nc2ccccc2C(=O)C1. The molecule has 0 radical (unpaired) electrons. The summed E-state index contributed by atoms with van der Waals surface area (Å²) in [5.74, 6) is -0.355. The number of Topliss-reactive ketones (excluding diaryl/α,β-unsaturated/α-hetero) is 1. The van der Waals surface area contributed by atoms with Gasteiger partial charge in [0.25, 0.3) is 5.69 Å². The zero-order valence-electron chi connectivity index (χ0n) is 15.7. The van der Waals surface area contributed by atoms with Gasteiger partial charge in [0.05, 0.1) is 34.3 Å². The van der Waals surface area contributed by atoms with E-state index in [0.29, 0.717) is 30.1 Å². The van der Waals surface area contributed by atoms with E-state index in [1.165, 1.54) is 18.2 Å². The van der Waals surface area contributed by atoms with Gasteiger partial charge in [0.1, 0.15) is 0 Å². The van der Waals surface area contributed by atoms with E-state index in [4.69, 9.17) is 11.6 Å². The second-order valence-electron chi connectivity index (χ2n) is 6.57. The number of nitro groups is 1. The molecule has 1 amide bonds. The summed E-state index contributed by atoms with van der Waals surface area (Å²) in [5, 5.41) is 13.7. The van der Waals surface area contributed by atoms with Crippen LogP contribution in [-0.2, 0) is 4.79 Å². The summed E-state index contributed by atoms with van der Waals surface area (Å²) in [5.41, 5.74) is 1.96. The number of aliphatic imine (C=N–C) groups is 1. The number of rotatable bonds is 7. The van der Waals surface area contributed by atoms with Crippen LogP contribution in [0.1, 0.15) is 23.7 Å². The van der Waals surface area contributed by atoms with Gasteiger partial charge in [-0.1, -0.05) is 30.7 Å². The van der Waals surface area contributed by atoms with E-state index in [1.54, 1.807) is 18.2 Å². The summed E-state index contributed by atoms with van der Waals surface area (Å²) < 4.78 is 0. The lowest BCUT2D eigenvalue weighted by atomic mass is 10.00. The highest BCUT2D eigenvalue weighted by atomic mass is 35.5. The standard InChI is InChI=1S/C20H19ClN4O4/c1-2-24(11-13-9-19(26)15-5-3-4-6-17(15)22-13)12-20(27)23-18-10-14(25(28)29)7-8-16(18)21/h3-8,10H,2,9,11-12H2,1H3,(H,23,27). The van der Waals surface area contributed by atoms with Gasteiger partial charge >= 0.3 is 0 Å². The zero-order valence-corrected chi connectivity index (χ0v) is 16.5. The van der Waals surface area contributed by atoms with Crippen molar-refractivity contribution in [2.45, 2.75) is 13.3 Å². The monoisotopic (exact) mass is 414 g/mol. The first-order valence-corrected chi connectivity index (χ1v) is 9.40. The number of carbonyl (C=O) groups excluding carboxylic acids is 2. The number of non-ortho nitro benzene ring substituents is 1. The van der Waals surface area contributed by atoms with Gasteiger partial charge in [-0.2, -0.15) is 0 Å². The molecule has 2 aromatic rings. The quantitative estimate of drug-likeness (QED) is 0.547. The number of fused-ring (bicyclic) bond motifs is 1. The Morgan fingerprint density at radius 2 is 2.07 bits per heavy atom. The van der Waals surface area contributed by atoms with Crippen LogP contribution in [0.5, 0.6) is 0 Å². The summed E-state index contributed by atoms with van der Waals surface area (Å²) in [4.78, 5) is 41.5. The Balaban J connectivity index is 1.67. The fourth-order valence-electron chi connectivity index (χ4n) is 3.04. The molecule has 1 N–H and O–H groups in total. The van der Waals surface area contributed by atoms with Crippen LogP contribution < -0.4 is 5.32 Å². The molecule has 0 fully saturated rings. The molecule has 3 rings (SSSR count). The summed E-state index contributed by atoms with van der Waals surface area (Å²) in [6.45, 7) is 2.86. The maximum Gasteiger partial charge on any atom is 0.271 e. The Hall–Kier alpha value is -3.10. The molecule has 8 nitrogen and oxygen atoms in total. The number of nitro benzene ring substituents is 1. The molecule has 1 aliphatic rings. The van der Waals surface area contributed by atoms with Crippen molar-refractivity contribution >= 4 is 46.1 Å². The number of benzene rings is 2. The molecular formula is C20H19ClN4O4.